The SMILES string of the molecule is CCN(CC)c1ccc([N+](=O)[O-])cc1/C=C(\C#N)C(=O)Nc1ccccc1. The number of nitro benzene ring substituents is 1. The van der Waals surface area contributed by atoms with Crippen molar-refractivity contribution in [1.82, 2.24) is 0 Å². The Morgan fingerprint density at radius 2 is 1.89 bits per heavy atom. The van der Waals surface area contributed by atoms with Crippen LogP contribution in [0.4, 0.5) is 17.1 Å². The Labute approximate surface area is 157 Å². The van der Waals surface area contributed by atoms with Gasteiger partial charge >= 0.3 is 0 Å². The molecule has 1 N–H and O–H groups in total. The second-order valence-electron chi connectivity index (χ2n) is 5.66. The molecule has 7 heteroatoms. The van der Waals surface area contributed by atoms with E-state index < -0.39 is 10.8 Å². The molecule has 0 aliphatic heterocycles. The monoisotopic (exact) mass is 364 g/mol. The standard InChI is InChI=1S/C20H20N4O3/c1-3-23(4-2)19-11-10-18(24(26)27)13-15(19)12-16(14-21)20(25)22-17-8-6-5-7-9-17/h5-13H,3-4H2,1-2H3,(H,22,25)/b16-12+. The smallest absolute Gasteiger partial charge is 0.270 e. The van der Waals surface area contributed by atoms with Crippen LogP contribution in [0, 0.1) is 21.4 Å². The number of non-ortho nitro benzene ring substituents is 1. The fraction of sp³-hybridized carbons (Fsp3) is 0.200. The van der Waals surface area contributed by atoms with Gasteiger partial charge in [0.15, 0.2) is 0 Å². The summed E-state index contributed by atoms with van der Waals surface area (Å²) in [6.07, 6.45) is 1.39. The van der Waals surface area contributed by atoms with E-state index in [2.05, 4.69) is 5.32 Å². The predicted octanol–water partition coefficient (Wildman–Crippen LogP) is 3.99. The molecule has 1 amide bonds. The fourth-order valence-corrected chi connectivity index (χ4v) is 2.65. The van der Waals surface area contributed by atoms with Gasteiger partial charge in [0.2, 0.25) is 0 Å². The summed E-state index contributed by atoms with van der Waals surface area (Å²) >= 11 is 0. The van der Waals surface area contributed by atoms with Crippen LogP contribution in [-0.4, -0.2) is 23.9 Å². The molecule has 0 aromatic heterocycles. The first-order chi connectivity index (χ1) is 13.0. The number of hydrogen-bond donors (Lipinski definition) is 1. The van der Waals surface area contributed by atoms with Crippen LogP contribution in [0.5, 0.6) is 0 Å². The van der Waals surface area contributed by atoms with Crippen molar-refractivity contribution in [3.63, 3.8) is 0 Å². The van der Waals surface area contributed by atoms with E-state index in [1.54, 1.807) is 30.3 Å². The third kappa shape index (κ3) is 4.92. The molecule has 0 saturated heterocycles. The molecule has 2 rings (SSSR count). The van der Waals surface area contributed by atoms with E-state index in [4.69, 9.17) is 0 Å². The lowest BCUT2D eigenvalue weighted by atomic mass is 10.1. The Balaban J connectivity index is 2.46. The van der Waals surface area contributed by atoms with E-state index in [0.29, 0.717) is 24.3 Å². The molecule has 2 aromatic carbocycles. The van der Waals surface area contributed by atoms with Gasteiger partial charge in [-0.25, -0.2) is 0 Å². The molecule has 0 heterocycles. The Kier molecular flexibility index (Phi) is 6.67. The molecule has 0 saturated carbocycles. The summed E-state index contributed by atoms with van der Waals surface area (Å²) in [6, 6.07) is 15.1. The van der Waals surface area contributed by atoms with Crippen molar-refractivity contribution in [2.75, 3.05) is 23.3 Å². The quantitative estimate of drug-likeness (QED) is 0.347. The normalized spacial score (nSPS) is 10.8. The van der Waals surface area contributed by atoms with Crippen LogP contribution in [0.2, 0.25) is 0 Å². The van der Waals surface area contributed by atoms with Gasteiger partial charge < -0.3 is 10.2 Å². The number of rotatable bonds is 7. The molecular formula is C20H20N4O3. The van der Waals surface area contributed by atoms with E-state index in [1.165, 1.54) is 18.2 Å². The third-order valence-electron chi connectivity index (χ3n) is 4.02. The highest BCUT2D eigenvalue weighted by Crippen LogP contribution is 2.28. The number of hydrogen-bond acceptors (Lipinski definition) is 5. The second-order valence-corrected chi connectivity index (χ2v) is 5.66. The molecule has 2 aromatic rings. The first kappa shape index (κ1) is 19.7. The molecule has 0 aliphatic carbocycles. The van der Waals surface area contributed by atoms with Crippen LogP contribution >= 0.6 is 0 Å². The largest absolute Gasteiger partial charge is 0.372 e. The lowest BCUT2D eigenvalue weighted by Gasteiger charge is -2.23. The fourth-order valence-electron chi connectivity index (χ4n) is 2.65. The average Bonchev–Trinajstić information content (AvgIpc) is 2.68. The maximum absolute atomic E-state index is 12.4. The topological polar surface area (TPSA) is 99.3 Å². The number of nitrogens with one attached hydrogen (secondary N) is 1. The first-order valence-corrected chi connectivity index (χ1v) is 8.51. The van der Waals surface area contributed by atoms with Gasteiger partial charge in [0.25, 0.3) is 11.6 Å². The summed E-state index contributed by atoms with van der Waals surface area (Å²) in [5.74, 6) is -0.569. The summed E-state index contributed by atoms with van der Waals surface area (Å²) in [7, 11) is 0. The Bertz CT molecular complexity index is 897. The Morgan fingerprint density at radius 3 is 2.44 bits per heavy atom. The van der Waals surface area contributed by atoms with E-state index in [9.17, 15) is 20.2 Å². The number of carbonyl (C=O) groups is 1. The van der Waals surface area contributed by atoms with Gasteiger partial charge in [-0.1, -0.05) is 18.2 Å². The molecule has 138 valence electrons. The molecule has 0 bridgehead atoms. The Morgan fingerprint density at radius 1 is 1.22 bits per heavy atom. The van der Waals surface area contributed by atoms with Gasteiger partial charge in [-0.3, -0.25) is 14.9 Å². The first-order valence-electron chi connectivity index (χ1n) is 8.51. The molecular weight excluding hydrogens is 344 g/mol. The number of anilines is 2. The highest BCUT2D eigenvalue weighted by atomic mass is 16.6. The lowest BCUT2D eigenvalue weighted by molar-refractivity contribution is -0.384. The zero-order valence-electron chi connectivity index (χ0n) is 15.2. The van der Waals surface area contributed by atoms with Crippen LogP contribution in [0.3, 0.4) is 0 Å². The second kappa shape index (κ2) is 9.15. The minimum atomic E-state index is -0.569. The van der Waals surface area contributed by atoms with Crippen LogP contribution < -0.4 is 10.2 Å². The van der Waals surface area contributed by atoms with E-state index in [1.807, 2.05) is 30.9 Å². The molecule has 0 radical (unpaired) electrons. The number of carbonyl (C=O) groups excluding carboxylic acids is 1. The molecule has 0 fully saturated rings. The maximum Gasteiger partial charge on any atom is 0.270 e. The van der Waals surface area contributed by atoms with Crippen molar-refractivity contribution < 1.29 is 9.72 Å². The summed E-state index contributed by atoms with van der Waals surface area (Å²) in [4.78, 5) is 25.1. The minimum absolute atomic E-state index is 0.0992. The summed E-state index contributed by atoms with van der Waals surface area (Å²) in [5.41, 5.74) is 1.51. The summed E-state index contributed by atoms with van der Waals surface area (Å²) in [5, 5.41) is 23.2. The number of nitrogens with zero attached hydrogens (tertiary/aromatic N) is 3. The molecule has 0 aliphatic rings. The van der Waals surface area contributed by atoms with E-state index >= 15 is 0 Å². The number of nitro groups is 1. The van der Waals surface area contributed by atoms with Crippen molar-refractivity contribution in [2.24, 2.45) is 0 Å². The number of amides is 1. The van der Waals surface area contributed by atoms with Crippen molar-refractivity contribution >= 4 is 29.0 Å². The van der Waals surface area contributed by atoms with Gasteiger partial charge in [-0.15, -0.1) is 0 Å². The zero-order chi connectivity index (χ0) is 19.8. The van der Waals surface area contributed by atoms with Crippen molar-refractivity contribution in [3.8, 4) is 6.07 Å². The predicted molar refractivity (Wildman–Crippen MR) is 105 cm³/mol. The van der Waals surface area contributed by atoms with Gasteiger partial charge in [0.1, 0.15) is 11.6 Å². The van der Waals surface area contributed by atoms with Crippen LogP contribution in [0.1, 0.15) is 19.4 Å². The highest BCUT2D eigenvalue weighted by molar-refractivity contribution is 6.10. The van der Waals surface area contributed by atoms with Crippen molar-refractivity contribution in [3.05, 3.63) is 69.8 Å². The van der Waals surface area contributed by atoms with Gasteiger partial charge in [-0.2, -0.15) is 5.26 Å². The van der Waals surface area contributed by atoms with Crippen molar-refractivity contribution in [1.29, 1.82) is 5.26 Å². The van der Waals surface area contributed by atoms with Gasteiger partial charge in [0, 0.05) is 42.2 Å². The molecule has 7 nitrogen and oxygen atoms in total. The lowest BCUT2D eigenvalue weighted by Crippen LogP contribution is -2.22. The molecule has 0 atom stereocenters. The number of nitriles is 1. The third-order valence-corrected chi connectivity index (χ3v) is 4.02. The zero-order valence-corrected chi connectivity index (χ0v) is 15.2. The number of para-hydroxylation sites is 1. The Hall–Kier alpha value is -3.66. The maximum atomic E-state index is 12.4. The van der Waals surface area contributed by atoms with E-state index in [-0.39, 0.29) is 11.3 Å². The highest BCUT2D eigenvalue weighted by Gasteiger charge is 2.16. The molecule has 0 spiro atoms. The van der Waals surface area contributed by atoms with E-state index in [0.717, 1.165) is 5.69 Å². The van der Waals surface area contributed by atoms with Crippen LogP contribution in [0.25, 0.3) is 6.08 Å². The van der Waals surface area contributed by atoms with Gasteiger partial charge in [0.05, 0.1) is 4.92 Å². The van der Waals surface area contributed by atoms with Gasteiger partial charge in [-0.05, 0) is 38.1 Å². The van der Waals surface area contributed by atoms with Crippen LogP contribution in [0.15, 0.2) is 54.1 Å². The average molecular weight is 364 g/mol. The minimum Gasteiger partial charge on any atom is -0.372 e. The summed E-state index contributed by atoms with van der Waals surface area (Å²) in [6.45, 7) is 5.30. The molecule has 27 heavy (non-hydrogen) atoms. The summed E-state index contributed by atoms with van der Waals surface area (Å²) < 4.78 is 0. The van der Waals surface area contributed by atoms with Crippen LogP contribution in [-0.2, 0) is 4.79 Å². The number of benzene rings is 2. The van der Waals surface area contributed by atoms with Crippen molar-refractivity contribution in [2.45, 2.75) is 13.8 Å². The molecule has 0 unspecified atom stereocenters.